The molecule has 1 aliphatic rings. The molecule has 124 valence electrons. The van der Waals surface area contributed by atoms with Crippen LogP contribution in [0.15, 0.2) is 34.9 Å². The van der Waals surface area contributed by atoms with Gasteiger partial charge in [0, 0.05) is 12.5 Å². The third-order valence-electron chi connectivity index (χ3n) is 4.68. The molecule has 2 heterocycles. The first-order valence-corrected chi connectivity index (χ1v) is 8.94. The molecular weight excluding hydrogens is 286 g/mol. The monoisotopic (exact) mass is 313 g/mol. The summed E-state index contributed by atoms with van der Waals surface area (Å²) >= 11 is 0. The zero-order valence-electron chi connectivity index (χ0n) is 14.1. The first-order valence-electron chi connectivity index (χ1n) is 8.94. The van der Waals surface area contributed by atoms with Gasteiger partial charge in [0.2, 0.25) is 5.89 Å². The van der Waals surface area contributed by atoms with E-state index in [0.717, 1.165) is 44.1 Å². The van der Waals surface area contributed by atoms with E-state index in [1.807, 2.05) is 0 Å². The predicted molar refractivity (Wildman–Crippen MR) is 91.1 cm³/mol. The van der Waals surface area contributed by atoms with Gasteiger partial charge in [-0.3, -0.25) is 4.90 Å². The maximum absolute atomic E-state index is 5.43. The molecule has 4 nitrogen and oxygen atoms in total. The van der Waals surface area contributed by atoms with Crippen LogP contribution in [-0.4, -0.2) is 27.6 Å². The molecule has 23 heavy (non-hydrogen) atoms. The molecule has 0 saturated carbocycles. The average Bonchev–Trinajstić information content (AvgIpc) is 3.03. The van der Waals surface area contributed by atoms with Crippen molar-refractivity contribution in [2.45, 2.75) is 64.5 Å². The number of nitrogens with zero attached hydrogens (tertiary/aromatic N) is 3. The van der Waals surface area contributed by atoms with Crippen molar-refractivity contribution in [3.63, 3.8) is 0 Å². The standard InChI is InChI=1S/C19H27N3O/c1-2-8-18-20-19(23-21-18)15-22-14-7-6-11-17(22)13-12-16-9-4-3-5-10-16/h3-5,9-10,17H,2,6-8,11-15H2,1H3. The number of likely N-dealkylation sites (tertiary alicyclic amines) is 1. The van der Waals surface area contributed by atoms with Gasteiger partial charge in [-0.05, 0) is 44.2 Å². The van der Waals surface area contributed by atoms with Gasteiger partial charge >= 0.3 is 0 Å². The number of piperidine rings is 1. The third kappa shape index (κ3) is 4.64. The van der Waals surface area contributed by atoms with Crippen LogP contribution in [0.5, 0.6) is 0 Å². The number of rotatable bonds is 7. The second-order valence-corrected chi connectivity index (χ2v) is 6.50. The Morgan fingerprint density at radius 3 is 2.87 bits per heavy atom. The average molecular weight is 313 g/mol. The molecule has 0 N–H and O–H groups in total. The lowest BCUT2D eigenvalue weighted by molar-refractivity contribution is 0.117. The summed E-state index contributed by atoms with van der Waals surface area (Å²) in [6.07, 6.45) is 8.21. The van der Waals surface area contributed by atoms with Crippen LogP contribution in [0.4, 0.5) is 0 Å². The Labute approximate surface area is 138 Å². The van der Waals surface area contributed by atoms with Crippen LogP contribution in [0.2, 0.25) is 0 Å². The molecule has 1 saturated heterocycles. The normalized spacial score (nSPS) is 19.1. The second kappa shape index (κ2) is 8.25. The van der Waals surface area contributed by atoms with Crippen LogP contribution in [0, 0.1) is 0 Å². The lowest BCUT2D eigenvalue weighted by Gasteiger charge is -2.34. The molecule has 0 bridgehead atoms. The van der Waals surface area contributed by atoms with Crippen molar-refractivity contribution in [2.75, 3.05) is 6.54 Å². The zero-order chi connectivity index (χ0) is 15.9. The summed E-state index contributed by atoms with van der Waals surface area (Å²) in [6, 6.07) is 11.4. The van der Waals surface area contributed by atoms with Gasteiger partial charge in [0.15, 0.2) is 5.82 Å². The Morgan fingerprint density at radius 2 is 2.04 bits per heavy atom. The fraction of sp³-hybridized carbons (Fsp3) is 0.579. The smallest absolute Gasteiger partial charge is 0.240 e. The Balaban J connectivity index is 1.57. The molecule has 1 aromatic carbocycles. The summed E-state index contributed by atoms with van der Waals surface area (Å²) in [5.41, 5.74) is 1.43. The number of hydrogen-bond acceptors (Lipinski definition) is 4. The van der Waals surface area contributed by atoms with E-state index in [1.165, 1.54) is 31.2 Å². The topological polar surface area (TPSA) is 42.2 Å². The van der Waals surface area contributed by atoms with E-state index in [0.29, 0.717) is 6.04 Å². The summed E-state index contributed by atoms with van der Waals surface area (Å²) in [4.78, 5) is 7.06. The Kier molecular flexibility index (Phi) is 5.81. The van der Waals surface area contributed by atoms with Crippen molar-refractivity contribution in [3.05, 3.63) is 47.6 Å². The molecule has 1 aliphatic heterocycles. The van der Waals surface area contributed by atoms with E-state index in [-0.39, 0.29) is 0 Å². The quantitative estimate of drug-likeness (QED) is 0.774. The van der Waals surface area contributed by atoms with Gasteiger partial charge in [0.25, 0.3) is 0 Å². The summed E-state index contributed by atoms with van der Waals surface area (Å²) in [5, 5.41) is 4.08. The lowest BCUT2D eigenvalue weighted by atomic mass is 9.96. The summed E-state index contributed by atoms with van der Waals surface area (Å²) in [6.45, 7) is 4.08. The number of aromatic nitrogens is 2. The highest BCUT2D eigenvalue weighted by Crippen LogP contribution is 2.23. The van der Waals surface area contributed by atoms with Crippen LogP contribution in [-0.2, 0) is 19.4 Å². The first kappa shape index (κ1) is 16.2. The van der Waals surface area contributed by atoms with Gasteiger partial charge < -0.3 is 4.52 Å². The predicted octanol–water partition coefficient (Wildman–Crippen LogP) is 4.01. The van der Waals surface area contributed by atoms with Crippen molar-refractivity contribution in [1.29, 1.82) is 0 Å². The molecule has 1 fully saturated rings. The van der Waals surface area contributed by atoms with Gasteiger partial charge in [-0.2, -0.15) is 4.98 Å². The minimum atomic E-state index is 0.630. The van der Waals surface area contributed by atoms with Crippen molar-refractivity contribution < 1.29 is 4.52 Å². The summed E-state index contributed by atoms with van der Waals surface area (Å²) < 4.78 is 5.43. The maximum atomic E-state index is 5.43. The Bertz CT molecular complexity index is 581. The molecule has 1 unspecified atom stereocenters. The van der Waals surface area contributed by atoms with E-state index in [4.69, 9.17) is 4.52 Å². The highest BCUT2D eigenvalue weighted by Gasteiger charge is 2.24. The van der Waals surface area contributed by atoms with E-state index < -0.39 is 0 Å². The molecule has 2 aromatic rings. The van der Waals surface area contributed by atoms with Crippen LogP contribution in [0.1, 0.15) is 56.3 Å². The van der Waals surface area contributed by atoms with Crippen molar-refractivity contribution in [1.82, 2.24) is 15.0 Å². The molecule has 0 radical (unpaired) electrons. The molecule has 0 aliphatic carbocycles. The highest BCUT2D eigenvalue weighted by atomic mass is 16.5. The van der Waals surface area contributed by atoms with Crippen LogP contribution in [0.25, 0.3) is 0 Å². The molecule has 0 spiro atoms. The number of hydrogen-bond donors (Lipinski definition) is 0. The molecule has 1 atom stereocenters. The summed E-state index contributed by atoms with van der Waals surface area (Å²) in [7, 11) is 0. The Morgan fingerprint density at radius 1 is 1.17 bits per heavy atom. The minimum absolute atomic E-state index is 0.630. The molecule has 4 heteroatoms. The van der Waals surface area contributed by atoms with Crippen LogP contribution >= 0.6 is 0 Å². The van der Waals surface area contributed by atoms with Gasteiger partial charge in [0.1, 0.15) is 0 Å². The van der Waals surface area contributed by atoms with Crippen LogP contribution in [0.3, 0.4) is 0 Å². The van der Waals surface area contributed by atoms with E-state index in [2.05, 4.69) is 52.3 Å². The van der Waals surface area contributed by atoms with Gasteiger partial charge in [-0.15, -0.1) is 0 Å². The highest BCUT2D eigenvalue weighted by molar-refractivity contribution is 5.14. The third-order valence-corrected chi connectivity index (χ3v) is 4.68. The fourth-order valence-corrected chi connectivity index (χ4v) is 3.43. The fourth-order valence-electron chi connectivity index (χ4n) is 3.43. The Hall–Kier alpha value is -1.68. The number of aryl methyl sites for hydroxylation is 2. The van der Waals surface area contributed by atoms with Gasteiger partial charge in [-0.1, -0.05) is 48.8 Å². The van der Waals surface area contributed by atoms with Gasteiger partial charge in [-0.25, -0.2) is 0 Å². The first-order chi connectivity index (χ1) is 11.3. The van der Waals surface area contributed by atoms with Crippen molar-refractivity contribution in [3.8, 4) is 0 Å². The van der Waals surface area contributed by atoms with E-state index in [1.54, 1.807) is 0 Å². The zero-order valence-corrected chi connectivity index (χ0v) is 14.1. The second-order valence-electron chi connectivity index (χ2n) is 6.50. The SMILES string of the molecule is CCCc1noc(CN2CCCCC2CCc2ccccc2)n1. The van der Waals surface area contributed by atoms with E-state index in [9.17, 15) is 0 Å². The molecule has 0 amide bonds. The lowest BCUT2D eigenvalue weighted by Crippen LogP contribution is -2.39. The van der Waals surface area contributed by atoms with Gasteiger partial charge in [0.05, 0.1) is 6.54 Å². The minimum Gasteiger partial charge on any atom is -0.338 e. The largest absolute Gasteiger partial charge is 0.338 e. The molecule has 1 aromatic heterocycles. The van der Waals surface area contributed by atoms with E-state index >= 15 is 0 Å². The number of benzene rings is 1. The molecular formula is C19H27N3O. The molecule has 3 rings (SSSR count). The van der Waals surface area contributed by atoms with Crippen molar-refractivity contribution >= 4 is 0 Å². The summed E-state index contributed by atoms with van der Waals surface area (Å²) in [5.74, 6) is 1.63. The van der Waals surface area contributed by atoms with Crippen molar-refractivity contribution in [2.24, 2.45) is 0 Å². The van der Waals surface area contributed by atoms with Crippen LogP contribution < -0.4 is 0 Å². The maximum Gasteiger partial charge on any atom is 0.240 e.